The molecule has 0 radical (unpaired) electrons. The maximum atomic E-state index is 7.52. The summed E-state index contributed by atoms with van der Waals surface area (Å²) < 4.78 is 0. The number of benzene rings is 7. The fourth-order valence-corrected chi connectivity index (χ4v) is 6.74. The molecular formula is C48H30N6. The lowest BCUT2D eigenvalue weighted by Gasteiger charge is -2.16. The maximum absolute atomic E-state index is 7.52. The molecule has 7 aromatic carbocycles. The average Bonchev–Trinajstić information content (AvgIpc) is 3.26. The van der Waals surface area contributed by atoms with Gasteiger partial charge in [0.2, 0.25) is 0 Å². The van der Waals surface area contributed by atoms with Gasteiger partial charge in [0, 0.05) is 33.2 Å². The second kappa shape index (κ2) is 14.2. The summed E-state index contributed by atoms with van der Waals surface area (Å²) in [5.74, 6) is 2.34. The number of nitrogens with zero attached hydrogens (tertiary/aromatic N) is 6. The Kier molecular flexibility index (Phi) is 8.48. The van der Waals surface area contributed by atoms with Crippen LogP contribution in [-0.2, 0) is 0 Å². The molecule has 252 valence electrons. The van der Waals surface area contributed by atoms with E-state index in [4.69, 9.17) is 31.5 Å². The molecule has 0 saturated heterocycles. The SMILES string of the molecule is [C-]#[N+]c1ccc(-c2ccc(-c3ccccc3-c3nc(-c4ccccc4)c4ccccc4n3)cc2-c2nc(-c3ccccc3)nc(-c3ccccc3)n2)cc1. The minimum atomic E-state index is 0.541. The van der Waals surface area contributed by atoms with Gasteiger partial charge in [0.05, 0.1) is 17.8 Å². The van der Waals surface area contributed by atoms with Crippen LogP contribution in [0.25, 0.3) is 94.8 Å². The van der Waals surface area contributed by atoms with Gasteiger partial charge < -0.3 is 0 Å². The molecule has 54 heavy (non-hydrogen) atoms. The number of fused-ring (bicyclic) bond motifs is 1. The van der Waals surface area contributed by atoms with Gasteiger partial charge in [-0.05, 0) is 34.4 Å². The van der Waals surface area contributed by atoms with Crippen LogP contribution in [-0.4, -0.2) is 24.9 Å². The van der Waals surface area contributed by atoms with Gasteiger partial charge in [0.1, 0.15) is 0 Å². The van der Waals surface area contributed by atoms with E-state index in [0.29, 0.717) is 29.0 Å². The molecule has 0 saturated carbocycles. The number of para-hydroxylation sites is 1. The van der Waals surface area contributed by atoms with Crippen molar-refractivity contribution < 1.29 is 0 Å². The van der Waals surface area contributed by atoms with Gasteiger partial charge in [-0.1, -0.05) is 170 Å². The largest absolute Gasteiger partial charge is 0.238 e. The lowest BCUT2D eigenvalue weighted by molar-refractivity contribution is 1.07. The van der Waals surface area contributed by atoms with Crippen molar-refractivity contribution in [3.05, 3.63) is 193 Å². The van der Waals surface area contributed by atoms with Crippen LogP contribution < -0.4 is 0 Å². The summed E-state index contributed by atoms with van der Waals surface area (Å²) in [6.07, 6.45) is 0. The van der Waals surface area contributed by atoms with Crippen LogP contribution in [0, 0.1) is 6.57 Å². The Bertz CT molecular complexity index is 2760. The molecule has 0 N–H and O–H groups in total. The highest BCUT2D eigenvalue weighted by Crippen LogP contribution is 2.39. The molecule has 0 aliphatic heterocycles. The Balaban J connectivity index is 1.27. The minimum absolute atomic E-state index is 0.541. The van der Waals surface area contributed by atoms with E-state index in [1.165, 1.54) is 0 Å². The van der Waals surface area contributed by atoms with Crippen LogP contribution in [0.5, 0.6) is 0 Å². The second-order valence-electron chi connectivity index (χ2n) is 12.8. The summed E-state index contributed by atoms with van der Waals surface area (Å²) in [6.45, 7) is 7.52. The van der Waals surface area contributed by atoms with E-state index in [9.17, 15) is 0 Å². The average molecular weight is 691 g/mol. The van der Waals surface area contributed by atoms with Crippen molar-refractivity contribution in [2.45, 2.75) is 0 Å². The Morgan fingerprint density at radius 3 is 1.48 bits per heavy atom. The molecule has 0 aliphatic carbocycles. The van der Waals surface area contributed by atoms with Crippen LogP contribution >= 0.6 is 0 Å². The monoisotopic (exact) mass is 690 g/mol. The first-order chi connectivity index (χ1) is 26.7. The minimum Gasteiger partial charge on any atom is -0.238 e. The molecule has 6 nitrogen and oxygen atoms in total. The third-order valence-electron chi connectivity index (χ3n) is 9.40. The molecule has 0 aliphatic rings. The quantitative estimate of drug-likeness (QED) is 0.156. The van der Waals surface area contributed by atoms with E-state index in [2.05, 4.69) is 53.4 Å². The Hall–Kier alpha value is -7.62. The van der Waals surface area contributed by atoms with E-state index in [1.807, 2.05) is 133 Å². The lowest BCUT2D eigenvalue weighted by Crippen LogP contribution is -2.01. The van der Waals surface area contributed by atoms with Crippen molar-refractivity contribution >= 4 is 16.6 Å². The zero-order chi connectivity index (χ0) is 36.3. The Labute approximate surface area is 313 Å². The van der Waals surface area contributed by atoms with Crippen LogP contribution in [0.3, 0.4) is 0 Å². The van der Waals surface area contributed by atoms with Crippen molar-refractivity contribution in [1.29, 1.82) is 0 Å². The molecule has 9 rings (SSSR count). The molecule has 0 amide bonds. The van der Waals surface area contributed by atoms with Crippen LogP contribution in [0.2, 0.25) is 0 Å². The summed E-state index contributed by atoms with van der Waals surface area (Å²) in [6, 6.07) is 60.6. The highest BCUT2D eigenvalue weighted by molar-refractivity contribution is 5.95. The number of aromatic nitrogens is 5. The zero-order valence-electron chi connectivity index (χ0n) is 29.0. The molecule has 9 aromatic rings. The topological polar surface area (TPSA) is 68.8 Å². The molecule has 0 spiro atoms. The van der Waals surface area contributed by atoms with Crippen molar-refractivity contribution in [1.82, 2.24) is 24.9 Å². The summed E-state index contributed by atoms with van der Waals surface area (Å²) in [5, 5.41) is 0.999. The normalized spacial score (nSPS) is 10.9. The summed E-state index contributed by atoms with van der Waals surface area (Å²) in [4.78, 5) is 29.1. The zero-order valence-corrected chi connectivity index (χ0v) is 29.0. The fraction of sp³-hybridized carbons (Fsp3) is 0. The van der Waals surface area contributed by atoms with Crippen molar-refractivity contribution in [2.75, 3.05) is 0 Å². The predicted molar refractivity (Wildman–Crippen MR) is 217 cm³/mol. The van der Waals surface area contributed by atoms with E-state index in [1.54, 1.807) is 0 Å². The molecule has 0 unspecified atom stereocenters. The Morgan fingerprint density at radius 1 is 0.333 bits per heavy atom. The number of hydrogen-bond donors (Lipinski definition) is 0. The van der Waals surface area contributed by atoms with E-state index >= 15 is 0 Å². The summed E-state index contributed by atoms with van der Waals surface area (Å²) >= 11 is 0. The fourth-order valence-electron chi connectivity index (χ4n) is 6.74. The lowest BCUT2D eigenvalue weighted by atomic mass is 9.92. The number of hydrogen-bond acceptors (Lipinski definition) is 5. The smallest absolute Gasteiger partial charge is 0.187 e. The molecule has 2 aromatic heterocycles. The van der Waals surface area contributed by atoms with Gasteiger partial charge in [-0.15, -0.1) is 0 Å². The first kappa shape index (κ1) is 32.3. The van der Waals surface area contributed by atoms with Gasteiger partial charge in [0.15, 0.2) is 29.0 Å². The molecule has 0 bridgehead atoms. The van der Waals surface area contributed by atoms with Gasteiger partial charge in [-0.3, -0.25) is 0 Å². The predicted octanol–water partition coefficient (Wildman–Crippen LogP) is 12.0. The second-order valence-corrected chi connectivity index (χ2v) is 12.8. The van der Waals surface area contributed by atoms with Gasteiger partial charge in [0.25, 0.3) is 0 Å². The van der Waals surface area contributed by atoms with Crippen LogP contribution in [0.1, 0.15) is 0 Å². The molecule has 0 fully saturated rings. The highest BCUT2D eigenvalue weighted by Gasteiger charge is 2.19. The van der Waals surface area contributed by atoms with Crippen LogP contribution in [0.15, 0.2) is 182 Å². The number of rotatable bonds is 7. The summed E-state index contributed by atoms with van der Waals surface area (Å²) in [5.41, 5.74) is 10.7. The maximum Gasteiger partial charge on any atom is 0.187 e. The van der Waals surface area contributed by atoms with Gasteiger partial charge in [-0.2, -0.15) is 0 Å². The van der Waals surface area contributed by atoms with Crippen molar-refractivity contribution in [3.8, 4) is 79.1 Å². The van der Waals surface area contributed by atoms with E-state index in [0.717, 1.165) is 66.7 Å². The van der Waals surface area contributed by atoms with Gasteiger partial charge >= 0.3 is 0 Å². The molecule has 6 heteroatoms. The first-order valence-electron chi connectivity index (χ1n) is 17.6. The summed E-state index contributed by atoms with van der Waals surface area (Å²) in [7, 11) is 0. The van der Waals surface area contributed by atoms with Crippen LogP contribution in [0.4, 0.5) is 5.69 Å². The molecule has 0 atom stereocenters. The first-order valence-corrected chi connectivity index (χ1v) is 17.6. The Morgan fingerprint density at radius 2 is 0.833 bits per heavy atom. The van der Waals surface area contributed by atoms with Crippen molar-refractivity contribution in [2.24, 2.45) is 0 Å². The highest BCUT2D eigenvalue weighted by atomic mass is 15.0. The van der Waals surface area contributed by atoms with E-state index < -0.39 is 0 Å². The third kappa shape index (κ3) is 6.27. The van der Waals surface area contributed by atoms with Crippen molar-refractivity contribution in [3.63, 3.8) is 0 Å². The molecular weight excluding hydrogens is 661 g/mol. The standard InChI is InChI=1S/C48H30N6/c1-49-37-28-25-32(26-29-37)39-30-27-36(31-42(39)48-53-45(34-17-7-3-8-18-34)52-46(54-48)35-19-9-4-10-20-35)38-21-11-12-22-40(38)47-50-43-24-14-13-23-41(43)44(51-47)33-15-5-2-6-16-33/h2-31H. The van der Waals surface area contributed by atoms with Gasteiger partial charge in [-0.25, -0.2) is 29.8 Å². The molecule has 2 heterocycles. The third-order valence-corrected chi connectivity index (χ3v) is 9.40. The van der Waals surface area contributed by atoms with E-state index in [-0.39, 0.29) is 0 Å².